The summed E-state index contributed by atoms with van der Waals surface area (Å²) in [5.41, 5.74) is 11.4. The molecule has 106 valence electrons. The number of aryl methyl sites for hydroxylation is 3. The summed E-state index contributed by atoms with van der Waals surface area (Å²) in [4.78, 5) is 0. The molecule has 0 heterocycles. The smallest absolute Gasteiger partial charge is 0.0449 e. The molecule has 0 amide bonds. The first-order chi connectivity index (χ1) is 9.11. The lowest BCUT2D eigenvalue weighted by atomic mass is 9.94. The van der Waals surface area contributed by atoms with Crippen molar-refractivity contribution in [1.82, 2.24) is 5.32 Å². The standard InChI is InChI=1S/C17H28N2/c1-12-9-13(2)17(14(3)10-12)16(11-18)19-8-4-5-15-6-7-15/h9-10,15-16,19H,4-8,11,18H2,1-3H3. The lowest BCUT2D eigenvalue weighted by molar-refractivity contribution is 0.509. The molecular formula is C17H28N2. The van der Waals surface area contributed by atoms with Gasteiger partial charge in [0.05, 0.1) is 0 Å². The van der Waals surface area contributed by atoms with Gasteiger partial charge in [0, 0.05) is 12.6 Å². The van der Waals surface area contributed by atoms with E-state index in [1.54, 1.807) is 0 Å². The molecule has 0 aromatic heterocycles. The van der Waals surface area contributed by atoms with Crippen LogP contribution in [0.25, 0.3) is 0 Å². The monoisotopic (exact) mass is 260 g/mol. The lowest BCUT2D eigenvalue weighted by Gasteiger charge is -2.22. The normalized spacial score (nSPS) is 16.6. The molecule has 1 aromatic rings. The molecule has 1 aliphatic carbocycles. The molecule has 1 aromatic carbocycles. The van der Waals surface area contributed by atoms with Gasteiger partial charge in [-0.3, -0.25) is 0 Å². The predicted octanol–water partition coefficient (Wildman–Crippen LogP) is 3.39. The summed E-state index contributed by atoms with van der Waals surface area (Å²) < 4.78 is 0. The maximum Gasteiger partial charge on any atom is 0.0449 e. The second kappa shape index (κ2) is 6.53. The number of benzene rings is 1. The molecule has 1 aliphatic rings. The summed E-state index contributed by atoms with van der Waals surface area (Å²) in [6, 6.07) is 4.83. The second-order valence-electron chi connectivity index (χ2n) is 6.14. The number of nitrogens with one attached hydrogen (secondary N) is 1. The zero-order chi connectivity index (χ0) is 13.8. The van der Waals surface area contributed by atoms with Gasteiger partial charge in [0.15, 0.2) is 0 Å². The topological polar surface area (TPSA) is 38.0 Å². The van der Waals surface area contributed by atoms with Crippen molar-refractivity contribution in [3.63, 3.8) is 0 Å². The van der Waals surface area contributed by atoms with Gasteiger partial charge in [-0.05, 0) is 62.8 Å². The first-order valence-electron chi connectivity index (χ1n) is 7.63. The van der Waals surface area contributed by atoms with Crippen LogP contribution >= 0.6 is 0 Å². The molecule has 1 saturated carbocycles. The van der Waals surface area contributed by atoms with Gasteiger partial charge in [0.2, 0.25) is 0 Å². The van der Waals surface area contributed by atoms with Crippen LogP contribution in [0.5, 0.6) is 0 Å². The third-order valence-corrected chi connectivity index (χ3v) is 4.20. The summed E-state index contributed by atoms with van der Waals surface area (Å²) in [6.45, 7) is 8.32. The number of rotatable bonds is 7. The molecule has 1 atom stereocenters. The Kier molecular flexibility index (Phi) is 5.00. The van der Waals surface area contributed by atoms with E-state index in [1.807, 2.05) is 0 Å². The highest BCUT2D eigenvalue weighted by Gasteiger charge is 2.20. The highest BCUT2D eigenvalue weighted by Crippen LogP contribution is 2.33. The van der Waals surface area contributed by atoms with Crippen molar-refractivity contribution in [2.75, 3.05) is 13.1 Å². The Labute approximate surface area is 117 Å². The molecule has 2 rings (SSSR count). The van der Waals surface area contributed by atoms with E-state index in [0.29, 0.717) is 12.6 Å². The van der Waals surface area contributed by atoms with Crippen LogP contribution in [0.15, 0.2) is 12.1 Å². The van der Waals surface area contributed by atoms with Gasteiger partial charge < -0.3 is 11.1 Å². The maximum atomic E-state index is 5.97. The van der Waals surface area contributed by atoms with Gasteiger partial charge >= 0.3 is 0 Å². The first kappa shape index (κ1) is 14.5. The SMILES string of the molecule is Cc1cc(C)c(C(CN)NCCCC2CC2)c(C)c1. The van der Waals surface area contributed by atoms with E-state index in [-0.39, 0.29) is 0 Å². The van der Waals surface area contributed by atoms with Crippen molar-refractivity contribution in [1.29, 1.82) is 0 Å². The molecular weight excluding hydrogens is 232 g/mol. The van der Waals surface area contributed by atoms with Crippen molar-refractivity contribution in [2.45, 2.75) is 52.5 Å². The Morgan fingerprint density at radius 2 is 1.84 bits per heavy atom. The molecule has 0 radical (unpaired) electrons. The minimum atomic E-state index is 0.305. The second-order valence-corrected chi connectivity index (χ2v) is 6.14. The molecule has 0 bridgehead atoms. The van der Waals surface area contributed by atoms with Crippen LogP contribution in [0, 0.1) is 26.7 Å². The quantitative estimate of drug-likeness (QED) is 0.737. The van der Waals surface area contributed by atoms with Crippen LogP contribution in [0.1, 0.15) is 54.0 Å². The van der Waals surface area contributed by atoms with Crippen LogP contribution < -0.4 is 11.1 Å². The Hall–Kier alpha value is -0.860. The van der Waals surface area contributed by atoms with E-state index in [9.17, 15) is 0 Å². The Bertz CT molecular complexity index is 398. The third kappa shape index (κ3) is 4.05. The first-order valence-corrected chi connectivity index (χ1v) is 7.63. The van der Waals surface area contributed by atoms with Crippen LogP contribution in [0.3, 0.4) is 0 Å². The molecule has 1 unspecified atom stereocenters. The summed E-state index contributed by atoms with van der Waals surface area (Å²) in [6.07, 6.45) is 5.58. The largest absolute Gasteiger partial charge is 0.329 e. The van der Waals surface area contributed by atoms with Gasteiger partial charge in [0.1, 0.15) is 0 Å². The van der Waals surface area contributed by atoms with Crippen molar-refractivity contribution >= 4 is 0 Å². The molecule has 3 N–H and O–H groups in total. The Morgan fingerprint density at radius 1 is 1.21 bits per heavy atom. The van der Waals surface area contributed by atoms with Crippen LogP contribution in [-0.2, 0) is 0 Å². The summed E-state index contributed by atoms with van der Waals surface area (Å²) in [5, 5.41) is 3.64. The van der Waals surface area contributed by atoms with Gasteiger partial charge in [-0.1, -0.05) is 30.5 Å². The van der Waals surface area contributed by atoms with E-state index in [0.717, 1.165) is 12.5 Å². The van der Waals surface area contributed by atoms with Crippen molar-refractivity contribution in [3.8, 4) is 0 Å². The van der Waals surface area contributed by atoms with E-state index >= 15 is 0 Å². The number of hydrogen-bond donors (Lipinski definition) is 2. The van der Waals surface area contributed by atoms with E-state index < -0.39 is 0 Å². The minimum Gasteiger partial charge on any atom is -0.329 e. The van der Waals surface area contributed by atoms with Gasteiger partial charge in [-0.25, -0.2) is 0 Å². The lowest BCUT2D eigenvalue weighted by Crippen LogP contribution is -2.30. The molecule has 0 saturated heterocycles. The van der Waals surface area contributed by atoms with Gasteiger partial charge in [0.25, 0.3) is 0 Å². The molecule has 0 aliphatic heterocycles. The van der Waals surface area contributed by atoms with Crippen LogP contribution in [0.2, 0.25) is 0 Å². The summed E-state index contributed by atoms with van der Waals surface area (Å²) in [7, 11) is 0. The predicted molar refractivity (Wildman–Crippen MR) is 82.4 cm³/mol. The molecule has 2 heteroatoms. The van der Waals surface area contributed by atoms with Gasteiger partial charge in [-0.2, -0.15) is 0 Å². The third-order valence-electron chi connectivity index (χ3n) is 4.20. The van der Waals surface area contributed by atoms with E-state index in [4.69, 9.17) is 5.73 Å². The van der Waals surface area contributed by atoms with Gasteiger partial charge in [-0.15, -0.1) is 0 Å². The zero-order valence-corrected chi connectivity index (χ0v) is 12.6. The molecule has 0 spiro atoms. The van der Waals surface area contributed by atoms with Crippen molar-refractivity contribution in [3.05, 3.63) is 34.4 Å². The molecule has 19 heavy (non-hydrogen) atoms. The Balaban J connectivity index is 1.95. The number of nitrogens with two attached hydrogens (primary N) is 1. The zero-order valence-electron chi connectivity index (χ0n) is 12.6. The summed E-state index contributed by atoms with van der Waals surface area (Å²) >= 11 is 0. The Morgan fingerprint density at radius 3 is 2.37 bits per heavy atom. The highest BCUT2D eigenvalue weighted by atomic mass is 14.9. The maximum absolute atomic E-state index is 5.97. The fourth-order valence-electron chi connectivity index (χ4n) is 3.12. The molecule has 1 fully saturated rings. The fourth-order valence-corrected chi connectivity index (χ4v) is 3.12. The van der Waals surface area contributed by atoms with Crippen molar-refractivity contribution in [2.24, 2.45) is 11.7 Å². The van der Waals surface area contributed by atoms with E-state index in [1.165, 1.54) is 47.9 Å². The van der Waals surface area contributed by atoms with Crippen LogP contribution in [0.4, 0.5) is 0 Å². The van der Waals surface area contributed by atoms with Crippen molar-refractivity contribution < 1.29 is 0 Å². The highest BCUT2D eigenvalue weighted by molar-refractivity contribution is 5.39. The summed E-state index contributed by atoms with van der Waals surface area (Å²) in [5.74, 6) is 1.03. The van der Waals surface area contributed by atoms with Crippen LogP contribution in [-0.4, -0.2) is 13.1 Å². The minimum absolute atomic E-state index is 0.305. The molecule has 2 nitrogen and oxygen atoms in total. The van der Waals surface area contributed by atoms with E-state index in [2.05, 4.69) is 38.2 Å². The number of hydrogen-bond acceptors (Lipinski definition) is 2. The fraction of sp³-hybridized carbons (Fsp3) is 0.647. The average molecular weight is 260 g/mol. The average Bonchev–Trinajstić information content (AvgIpc) is 3.14.